The molecule has 4 heteroatoms. The van der Waals surface area contributed by atoms with E-state index >= 15 is 0 Å². The number of nitrogens with zero attached hydrogens (tertiary/aromatic N) is 2. The van der Waals surface area contributed by atoms with Crippen molar-refractivity contribution >= 4 is 43.6 Å². The van der Waals surface area contributed by atoms with Gasteiger partial charge in [-0.2, -0.15) is 0 Å². The second kappa shape index (κ2) is 9.04. The van der Waals surface area contributed by atoms with Gasteiger partial charge in [0.1, 0.15) is 11.5 Å². The molecular weight excluding hydrogens is 504 g/mol. The summed E-state index contributed by atoms with van der Waals surface area (Å²) in [5.74, 6) is 1.11. The summed E-state index contributed by atoms with van der Waals surface area (Å²) in [4.78, 5) is 0. The third-order valence-electron chi connectivity index (χ3n) is 8.12. The second-order valence-corrected chi connectivity index (χ2v) is 10.4. The van der Waals surface area contributed by atoms with E-state index in [0.717, 1.165) is 28.2 Å². The predicted molar refractivity (Wildman–Crippen MR) is 169 cm³/mol. The van der Waals surface area contributed by atoms with E-state index in [0.29, 0.717) is 0 Å². The van der Waals surface area contributed by atoms with Crippen LogP contribution in [-0.4, -0.2) is 21.4 Å². The number of hydrogen-bond acceptors (Lipinski definition) is 2. The van der Waals surface area contributed by atoms with Crippen LogP contribution < -0.4 is 4.74 Å². The topological polar surface area (TPSA) is 39.3 Å². The van der Waals surface area contributed by atoms with Gasteiger partial charge in [0, 0.05) is 32.9 Å². The Morgan fingerprint density at radius 3 is 1.39 bits per heavy atom. The third kappa shape index (κ3) is 3.61. The van der Waals surface area contributed by atoms with Crippen molar-refractivity contribution in [1.82, 2.24) is 9.13 Å². The average molecular weight is 531 g/mol. The van der Waals surface area contributed by atoms with Gasteiger partial charge in [0.05, 0.1) is 29.2 Å². The van der Waals surface area contributed by atoms with Crippen LogP contribution in [0.4, 0.5) is 0 Å². The maximum atomic E-state index is 9.86. The summed E-state index contributed by atoms with van der Waals surface area (Å²) in [7, 11) is 1.69. The monoisotopic (exact) mass is 530 g/mol. The van der Waals surface area contributed by atoms with Crippen molar-refractivity contribution in [3.63, 3.8) is 0 Å². The predicted octanol–water partition coefficient (Wildman–Crippen LogP) is 9.26. The second-order valence-electron chi connectivity index (χ2n) is 10.4. The van der Waals surface area contributed by atoms with Gasteiger partial charge in [0.15, 0.2) is 0 Å². The molecule has 0 aliphatic rings. The first kappa shape index (κ1) is 23.4. The number of phenolic OH excluding ortho intramolecular Hbond substituents is 1. The number of rotatable bonds is 4. The fraction of sp³-hybridized carbons (Fsp3) is 0.0270. The number of hydrogen-bond donors (Lipinski definition) is 1. The lowest BCUT2D eigenvalue weighted by Crippen LogP contribution is -1.94. The zero-order valence-corrected chi connectivity index (χ0v) is 22.5. The number of aromatic nitrogens is 2. The molecule has 0 bridgehead atoms. The van der Waals surface area contributed by atoms with Gasteiger partial charge in [-0.25, -0.2) is 0 Å². The number of benzene rings is 6. The molecule has 0 aliphatic carbocycles. The molecule has 0 saturated heterocycles. The number of phenols is 1. The highest BCUT2D eigenvalue weighted by atomic mass is 16.5. The van der Waals surface area contributed by atoms with Gasteiger partial charge in [0.25, 0.3) is 0 Å². The fourth-order valence-electron chi connectivity index (χ4n) is 6.19. The maximum absolute atomic E-state index is 9.86. The minimum Gasteiger partial charge on any atom is -0.508 e. The molecule has 6 aromatic carbocycles. The molecule has 0 atom stereocenters. The van der Waals surface area contributed by atoms with Crippen molar-refractivity contribution in [3.05, 3.63) is 133 Å². The normalized spacial score (nSPS) is 11.6. The SMILES string of the molecule is COc1ccc(-n2c3ccccc3c3cc(-c4ccc5c(c4)c4ccccc4n5-c4ccc(O)cc4)ccc32)cc1. The Morgan fingerprint density at radius 2 is 0.902 bits per heavy atom. The molecule has 2 heterocycles. The van der Waals surface area contributed by atoms with Gasteiger partial charge in [-0.1, -0.05) is 48.5 Å². The van der Waals surface area contributed by atoms with Crippen molar-refractivity contribution in [2.24, 2.45) is 0 Å². The quantitative estimate of drug-likeness (QED) is 0.246. The van der Waals surface area contributed by atoms with E-state index in [4.69, 9.17) is 4.74 Å². The highest BCUT2D eigenvalue weighted by molar-refractivity contribution is 6.12. The molecule has 1 N–H and O–H groups in total. The van der Waals surface area contributed by atoms with Crippen LogP contribution in [-0.2, 0) is 0 Å². The molecule has 0 radical (unpaired) electrons. The molecule has 0 aliphatic heterocycles. The van der Waals surface area contributed by atoms with Crippen LogP contribution in [0.1, 0.15) is 0 Å². The first-order chi connectivity index (χ1) is 20.2. The zero-order chi connectivity index (χ0) is 27.5. The molecule has 0 fully saturated rings. The summed E-state index contributed by atoms with van der Waals surface area (Å²) in [6.07, 6.45) is 0. The van der Waals surface area contributed by atoms with Gasteiger partial charge in [-0.3, -0.25) is 0 Å². The number of para-hydroxylation sites is 2. The molecule has 4 nitrogen and oxygen atoms in total. The minimum atomic E-state index is 0.264. The Kier molecular flexibility index (Phi) is 5.16. The van der Waals surface area contributed by atoms with Gasteiger partial charge in [-0.05, 0) is 96.1 Å². The van der Waals surface area contributed by atoms with E-state index in [1.54, 1.807) is 19.2 Å². The van der Waals surface area contributed by atoms with E-state index in [2.05, 4.69) is 106 Å². The van der Waals surface area contributed by atoms with Crippen LogP contribution in [0.2, 0.25) is 0 Å². The lowest BCUT2D eigenvalue weighted by Gasteiger charge is -2.10. The van der Waals surface area contributed by atoms with E-state index in [-0.39, 0.29) is 5.75 Å². The minimum absolute atomic E-state index is 0.264. The van der Waals surface area contributed by atoms with Gasteiger partial charge in [-0.15, -0.1) is 0 Å². The first-order valence-electron chi connectivity index (χ1n) is 13.7. The maximum Gasteiger partial charge on any atom is 0.119 e. The summed E-state index contributed by atoms with van der Waals surface area (Å²) in [5.41, 5.74) is 9.11. The summed E-state index contributed by atoms with van der Waals surface area (Å²) in [6, 6.07) is 46.2. The van der Waals surface area contributed by atoms with Crippen LogP contribution in [0.3, 0.4) is 0 Å². The average Bonchev–Trinajstić information content (AvgIpc) is 3.54. The Balaban J connectivity index is 1.32. The van der Waals surface area contributed by atoms with E-state index < -0.39 is 0 Å². The molecule has 0 saturated carbocycles. The third-order valence-corrected chi connectivity index (χ3v) is 8.12. The fourth-order valence-corrected chi connectivity index (χ4v) is 6.19. The van der Waals surface area contributed by atoms with Crippen LogP contribution >= 0.6 is 0 Å². The van der Waals surface area contributed by atoms with E-state index in [1.807, 2.05) is 24.3 Å². The van der Waals surface area contributed by atoms with Crippen molar-refractivity contribution in [1.29, 1.82) is 0 Å². The molecule has 0 unspecified atom stereocenters. The molecule has 2 aromatic heterocycles. The lowest BCUT2D eigenvalue weighted by molar-refractivity contribution is 0.415. The van der Waals surface area contributed by atoms with Crippen LogP contribution in [0.15, 0.2) is 133 Å². The first-order valence-corrected chi connectivity index (χ1v) is 13.7. The largest absolute Gasteiger partial charge is 0.508 e. The summed E-state index contributed by atoms with van der Waals surface area (Å²) < 4.78 is 9.98. The molecule has 0 spiro atoms. The Hall–Kier alpha value is -5.48. The Morgan fingerprint density at radius 1 is 0.463 bits per heavy atom. The number of methoxy groups -OCH3 is 1. The molecular formula is C37H26N2O2. The molecule has 8 rings (SSSR count). The Labute approximate surface area is 236 Å². The standard InChI is InChI=1S/C37H26N2O2/c1-41-29-18-14-27(15-19-29)39-35-9-5-3-7-31(35)33-23-25(11-21-37(33)39)24-10-20-36-32(22-24)30-6-2-4-8-34(30)38(36)26-12-16-28(40)17-13-26/h2-23,40H,1H3. The van der Waals surface area contributed by atoms with Gasteiger partial charge < -0.3 is 19.0 Å². The van der Waals surface area contributed by atoms with Crippen LogP contribution in [0.25, 0.3) is 66.1 Å². The van der Waals surface area contributed by atoms with Crippen molar-refractivity contribution < 1.29 is 9.84 Å². The van der Waals surface area contributed by atoms with Gasteiger partial charge >= 0.3 is 0 Å². The highest BCUT2D eigenvalue weighted by Crippen LogP contribution is 2.38. The van der Waals surface area contributed by atoms with Gasteiger partial charge in [0.2, 0.25) is 0 Å². The zero-order valence-electron chi connectivity index (χ0n) is 22.5. The molecule has 41 heavy (non-hydrogen) atoms. The van der Waals surface area contributed by atoms with E-state index in [1.165, 1.54) is 43.7 Å². The highest BCUT2D eigenvalue weighted by Gasteiger charge is 2.16. The van der Waals surface area contributed by atoms with Crippen molar-refractivity contribution in [3.8, 4) is 34.0 Å². The smallest absolute Gasteiger partial charge is 0.119 e. The number of fused-ring (bicyclic) bond motifs is 6. The lowest BCUT2D eigenvalue weighted by atomic mass is 10.0. The molecule has 8 aromatic rings. The molecule has 196 valence electrons. The van der Waals surface area contributed by atoms with Crippen LogP contribution in [0.5, 0.6) is 11.5 Å². The summed E-state index contributed by atoms with van der Waals surface area (Å²) >= 11 is 0. The Bertz CT molecular complexity index is 2240. The van der Waals surface area contributed by atoms with Crippen LogP contribution in [0, 0.1) is 0 Å². The number of aromatic hydroxyl groups is 1. The van der Waals surface area contributed by atoms with Crippen molar-refractivity contribution in [2.75, 3.05) is 7.11 Å². The summed E-state index contributed by atoms with van der Waals surface area (Å²) in [6.45, 7) is 0. The number of ether oxygens (including phenoxy) is 1. The summed E-state index contributed by atoms with van der Waals surface area (Å²) in [5, 5.41) is 14.7. The van der Waals surface area contributed by atoms with Crippen molar-refractivity contribution in [2.45, 2.75) is 0 Å². The molecule has 0 amide bonds. The van der Waals surface area contributed by atoms with E-state index in [9.17, 15) is 5.11 Å².